The molecule has 1 rings (SSSR count). The Morgan fingerprint density at radius 3 is 2.05 bits per heavy atom. The van der Waals surface area contributed by atoms with Gasteiger partial charge >= 0.3 is 6.03 Å². The molecule has 0 aromatic heterocycles. The van der Waals surface area contributed by atoms with Crippen molar-refractivity contribution in [2.24, 2.45) is 0 Å². The standard InChI is InChI=1S/C13H20N4O3/c1-7-9(19-4)6-10(20-5)8(2)11(7)16-13(18)17-12(14)15-3/h6H,1-5H3,(H4,14,15,16,17,18). The summed E-state index contributed by atoms with van der Waals surface area (Å²) in [6, 6.07) is 1.26. The van der Waals surface area contributed by atoms with E-state index in [0.29, 0.717) is 17.2 Å². The fraction of sp³-hybridized carbons (Fsp3) is 0.385. The Labute approximate surface area is 118 Å². The van der Waals surface area contributed by atoms with E-state index in [1.165, 1.54) is 0 Å². The topological polar surface area (TPSA) is 95.5 Å². The van der Waals surface area contributed by atoms with E-state index >= 15 is 0 Å². The van der Waals surface area contributed by atoms with Crippen LogP contribution in [0.5, 0.6) is 11.5 Å². The van der Waals surface area contributed by atoms with Gasteiger partial charge in [0.25, 0.3) is 0 Å². The summed E-state index contributed by atoms with van der Waals surface area (Å²) in [6.45, 7) is 3.68. The van der Waals surface area contributed by atoms with Gasteiger partial charge in [0.2, 0.25) is 0 Å². The first-order valence-corrected chi connectivity index (χ1v) is 6.01. The molecular formula is C13H20N4O3. The summed E-state index contributed by atoms with van der Waals surface area (Å²) < 4.78 is 10.5. The lowest BCUT2D eigenvalue weighted by Crippen LogP contribution is -2.40. The van der Waals surface area contributed by atoms with E-state index in [1.54, 1.807) is 27.3 Å². The zero-order chi connectivity index (χ0) is 15.3. The van der Waals surface area contributed by atoms with E-state index in [-0.39, 0.29) is 5.96 Å². The number of benzene rings is 1. The molecule has 4 N–H and O–H groups in total. The molecule has 0 aliphatic heterocycles. The third kappa shape index (κ3) is 3.31. The van der Waals surface area contributed by atoms with Crippen LogP contribution in [0.15, 0.2) is 6.07 Å². The number of guanidine groups is 1. The number of hydrogen-bond acceptors (Lipinski definition) is 4. The van der Waals surface area contributed by atoms with Gasteiger partial charge < -0.3 is 20.1 Å². The van der Waals surface area contributed by atoms with Crippen molar-refractivity contribution >= 4 is 17.7 Å². The molecule has 2 amide bonds. The molecule has 0 saturated heterocycles. The van der Waals surface area contributed by atoms with Crippen molar-refractivity contribution in [2.75, 3.05) is 26.6 Å². The van der Waals surface area contributed by atoms with Crippen LogP contribution < -0.4 is 25.4 Å². The smallest absolute Gasteiger partial charge is 0.326 e. The van der Waals surface area contributed by atoms with Gasteiger partial charge in [0, 0.05) is 24.2 Å². The Morgan fingerprint density at radius 1 is 1.15 bits per heavy atom. The molecule has 0 spiro atoms. The normalized spacial score (nSPS) is 9.65. The van der Waals surface area contributed by atoms with E-state index in [9.17, 15) is 4.79 Å². The quantitative estimate of drug-likeness (QED) is 0.499. The van der Waals surface area contributed by atoms with Crippen LogP contribution in [-0.2, 0) is 0 Å². The van der Waals surface area contributed by atoms with Crippen molar-refractivity contribution in [2.45, 2.75) is 13.8 Å². The van der Waals surface area contributed by atoms with Crippen molar-refractivity contribution in [3.8, 4) is 11.5 Å². The maximum Gasteiger partial charge on any atom is 0.326 e. The summed E-state index contributed by atoms with van der Waals surface area (Å²) in [7, 11) is 4.66. The van der Waals surface area contributed by atoms with Crippen molar-refractivity contribution in [1.82, 2.24) is 10.6 Å². The van der Waals surface area contributed by atoms with Gasteiger partial charge in [0.05, 0.1) is 19.9 Å². The molecule has 1 aromatic carbocycles. The van der Waals surface area contributed by atoms with Gasteiger partial charge in [-0.2, -0.15) is 0 Å². The Bertz CT molecular complexity index is 501. The van der Waals surface area contributed by atoms with Crippen molar-refractivity contribution in [1.29, 1.82) is 5.41 Å². The summed E-state index contributed by atoms with van der Waals surface area (Å²) in [5.41, 5.74) is 2.18. The lowest BCUT2D eigenvalue weighted by molar-refractivity contribution is 0.256. The maximum atomic E-state index is 11.8. The number of ether oxygens (including phenoxy) is 2. The van der Waals surface area contributed by atoms with Gasteiger partial charge in [0.1, 0.15) is 11.5 Å². The Kier molecular flexibility index (Phi) is 5.19. The van der Waals surface area contributed by atoms with Crippen LogP contribution in [0.25, 0.3) is 0 Å². The number of urea groups is 1. The first-order chi connectivity index (χ1) is 9.44. The van der Waals surface area contributed by atoms with Crippen LogP contribution in [0.1, 0.15) is 11.1 Å². The predicted octanol–water partition coefficient (Wildman–Crippen LogP) is 1.60. The lowest BCUT2D eigenvalue weighted by Gasteiger charge is -2.18. The Balaban J connectivity index is 3.10. The molecule has 1 aromatic rings. The second kappa shape index (κ2) is 6.65. The van der Waals surface area contributed by atoms with Crippen molar-refractivity contribution < 1.29 is 14.3 Å². The summed E-state index contributed by atoms with van der Waals surface area (Å²) in [6.07, 6.45) is 0. The average molecular weight is 280 g/mol. The number of rotatable bonds is 3. The van der Waals surface area contributed by atoms with Crippen LogP contribution in [0.3, 0.4) is 0 Å². The van der Waals surface area contributed by atoms with E-state index in [4.69, 9.17) is 14.9 Å². The fourth-order valence-corrected chi connectivity index (χ4v) is 1.80. The highest BCUT2D eigenvalue weighted by Gasteiger charge is 2.16. The minimum absolute atomic E-state index is 0.0901. The molecule has 0 aliphatic carbocycles. The summed E-state index contributed by atoms with van der Waals surface area (Å²) >= 11 is 0. The second-order valence-electron chi connectivity index (χ2n) is 4.11. The first-order valence-electron chi connectivity index (χ1n) is 6.01. The molecule has 0 atom stereocenters. The number of hydrogen-bond donors (Lipinski definition) is 4. The number of nitrogens with one attached hydrogen (secondary N) is 4. The van der Waals surface area contributed by atoms with E-state index in [0.717, 1.165) is 11.1 Å². The molecule has 7 heteroatoms. The van der Waals surface area contributed by atoms with Crippen LogP contribution in [0.2, 0.25) is 0 Å². The summed E-state index contributed by atoms with van der Waals surface area (Å²) in [5, 5.41) is 14.9. The van der Waals surface area contributed by atoms with Gasteiger partial charge in [-0.15, -0.1) is 0 Å². The van der Waals surface area contributed by atoms with Crippen molar-refractivity contribution in [3.05, 3.63) is 17.2 Å². The monoisotopic (exact) mass is 280 g/mol. The van der Waals surface area contributed by atoms with E-state index in [2.05, 4.69) is 16.0 Å². The van der Waals surface area contributed by atoms with Crippen LogP contribution >= 0.6 is 0 Å². The van der Waals surface area contributed by atoms with Gasteiger partial charge in [-0.3, -0.25) is 10.7 Å². The van der Waals surface area contributed by atoms with E-state index in [1.807, 2.05) is 13.8 Å². The highest BCUT2D eigenvalue weighted by molar-refractivity contribution is 6.02. The van der Waals surface area contributed by atoms with Gasteiger partial charge in [-0.05, 0) is 13.8 Å². The number of carbonyl (C=O) groups is 1. The third-order valence-electron chi connectivity index (χ3n) is 2.92. The van der Waals surface area contributed by atoms with Crippen molar-refractivity contribution in [3.63, 3.8) is 0 Å². The number of methoxy groups -OCH3 is 2. The van der Waals surface area contributed by atoms with Gasteiger partial charge in [-0.25, -0.2) is 4.79 Å². The van der Waals surface area contributed by atoms with Crippen LogP contribution in [0, 0.1) is 19.3 Å². The van der Waals surface area contributed by atoms with Gasteiger partial charge in [-0.1, -0.05) is 0 Å². The highest BCUT2D eigenvalue weighted by atomic mass is 16.5. The molecule has 0 aliphatic rings. The molecule has 20 heavy (non-hydrogen) atoms. The Hall–Kier alpha value is -2.44. The Morgan fingerprint density at radius 2 is 1.65 bits per heavy atom. The molecule has 110 valence electrons. The zero-order valence-corrected chi connectivity index (χ0v) is 12.3. The first kappa shape index (κ1) is 15.6. The fourth-order valence-electron chi connectivity index (χ4n) is 1.80. The number of amides is 2. The van der Waals surface area contributed by atoms with Crippen LogP contribution in [-0.4, -0.2) is 33.3 Å². The number of anilines is 1. The lowest BCUT2D eigenvalue weighted by atomic mass is 10.1. The second-order valence-corrected chi connectivity index (χ2v) is 4.11. The number of carbonyl (C=O) groups excluding carboxylic acids is 1. The molecule has 0 radical (unpaired) electrons. The highest BCUT2D eigenvalue weighted by Crippen LogP contribution is 2.36. The molecule has 0 saturated carbocycles. The van der Waals surface area contributed by atoms with E-state index < -0.39 is 6.03 Å². The molecular weight excluding hydrogens is 260 g/mol. The zero-order valence-electron chi connectivity index (χ0n) is 12.3. The third-order valence-corrected chi connectivity index (χ3v) is 2.92. The molecule has 7 nitrogen and oxygen atoms in total. The average Bonchev–Trinajstić information content (AvgIpc) is 2.43. The maximum absolute atomic E-state index is 11.8. The minimum Gasteiger partial charge on any atom is -0.496 e. The SMILES string of the molecule is CNC(=N)NC(=O)Nc1c(C)c(OC)cc(OC)c1C. The molecule has 0 unspecified atom stereocenters. The molecule has 0 bridgehead atoms. The molecule has 0 heterocycles. The minimum atomic E-state index is -0.508. The largest absolute Gasteiger partial charge is 0.496 e. The summed E-state index contributed by atoms with van der Waals surface area (Å²) in [5.74, 6) is 1.14. The summed E-state index contributed by atoms with van der Waals surface area (Å²) in [4.78, 5) is 11.8. The predicted molar refractivity (Wildman–Crippen MR) is 78.0 cm³/mol. The van der Waals surface area contributed by atoms with Crippen LogP contribution in [0.4, 0.5) is 10.5 Å². The van der Waals surface area contributed by atoms with Gasteiger partial charge in [0.15, 0.2) is 5.96 Å². The molecule has 0 fully saturated rings.